The first kappa shape index (κ1) is 16.4. The van der Waals surface area contributed by atoms with Crippen LogP contribution in [0.25, 0.3) is 0 Å². The molecule has 2 N–H and O–H groups in total. The van der Waals surface area contributed by atoms with Crippen LogP contribution in [-0.2, 0) is 10.0 Å². The summed E-state index contributed by atoms with van der Waals surface area (Å²) >= 11 is 3.01. The van der Waals surface area contributed by atoms with Gasteiger partial charge in [-0.25, -0.2) is 22.3 Å². The molecule has 8 heteroatoms. The van der Waals surface area contributed by atoms with E-state index in [9.17, 15) is 17.6 Å². The molecule has 1 aromatic rings. The van der Waals surface area contributed by atoms with Gasteiger partial charge >= 0.3 is 5.97 Å². The molecule has 5 nitrogen and oxygen atoms in total. The Morgan fingerprint density at radius 3 is 2.62 bits per heavy atom. The van der Waals surface area contributed by atoms with Crippen molar-refractivity contribution in [1.82, 2.24) is 4.72 Å². The number of benzene rings is 1. The van der Waals surface area contributed by atoms with E-state index in [1.54, 1.807) is 0 Å². The van der Waals surface area contributed by atoms with Crippen LogP contribution in [0.4, 0.5) is 4.39 Å². The van der Waals surface area contributed by atoms with Gasteiger partial charge in [-0.2, -0.15) is 0 Å². The van der Waals surface area contributed by atoms with E-state index in [1.165, 1.54) is 0 Å². The van der Waals surface area contributed by atoms with Crippen molar-refractivity contribution in [3.05, 3.63) is 28.0 Å². The highest BCUT2D eigenvalue weighted by Gasteiger charge is 2.30. The Morgan fingerprint density at radius 2 is 2.10 bits per heavy atom. The highest BCUT2D eigenvalue weighted by Crippen LogP contribution is 2.28. The fraction of sp³-hybridized carbons (Fsp3) is 0.462. The van der Waals surface area contributed by atoms with E-state index in [2.05, 4.69) is 20.7 Å². The molecule has 0 heterocycles. The van der Waals surface area contributed by atoms with Gasteiger partial charge in [0.25, 0.3) is 0 Å². The number of nitrogens with one attached hydrogen (secondary N) is 1. The Hall–Kier alpha value is -0.990. The van der Waals surface area contributed by atoms with E-state index < -0.39 is 32.3 Å². The summed E-state index contributed by atoms with van der Waals surface area (Å²) in [6.07, 6.45) is 2.30. The predicted octanol–water partition coefficient (Wildman–Crippen LogP) is 2.75. The smallest absolute Gasteiger partial charge is 0.338 e. The van der Waals surface area contributed by atoms with Crippen LogP contribution in [0, 0.1) is 11.7 Å². The number of halogens is 2. The summed E-state index contributed by atoms with van der Waals surface area (Å²) in [5.41, 5.74) is -0.676. The van der Waals surface area contributed by atoms with Crippen molar-refractivity contribution >= 4 is 31.9 Å². The minimum atomic E-state index is -4.09. The monoisotopic (exact) mass is 379 g/mol. The van der Waals surface area contributed by atoms with E-state index in [0.717, 1.165) is 18.6 Å². The first-order valence-electron chi connectivity index (χ1n) is 6.45. The largest absolute Gasteiger partial charge is 0.478 e. The van der Waals surface area contributed by atoms with E-state index in [1.807, 2.05) is 6.92 Å². The third-order valence-corrected chi connectivity index (χ3v) is 5.52. The van der Waals surface area contributed by atoms with Crippen molar-refractivity contribution < 1.29 is 22.7 Å². The van der Waals surface area contributed by atoms with Crippen LogP contribution in [0.1, 0.15) is 36.5 Å². The molecule has 0 aliphatic heterocycles. The molecular formula is C13H15BrFNO4S. The molecule has 2 unspecified atom stereocenters. The summed E-state index contributed by atoms with van der Waals surface area (Å²) in [6, 6.07) is 1.87. The molecule has 0 radical (unpaired) electrons. The minimum absolute atomic E-state index is 0.196. The molecule has 0 saturated heterocycles. The van der Waals surface area contributed by atoms with Crippen LogP contribution in [0.3, 0.4) is 0 Å². The Balaban J connectivity index is 2.38. The van der Waals surface area contributed by atoms with Gasteiger partial charge in [-0.1, -0.05) is 22.9 Å². The third kappa shape index (κ3) is 3.61. The lowest BCUT2D eigenvalue weighted by molar-refractivity contribution is 0.0691. The van der Waals surface area contributed by atoms with Crippen LogP contribution in [0.2, 0.25) is 0 Å². The van der Waals surface area contributed by atoms with Crippen LogP contribution in [0.15, 0.2) is 21.5 Å². The number of carbonyl (C=O) groups is 1. The van der Waals surface area contributed by atoms with Gasteiger partial charge in [-0.05, 0) is 37.3 Å². The second kappa shape index (κ2) is 6.02. The maximum atomic E-state index is 14.1. The van der Waals surface area contributed by atoms with Gasteiger partial charge in [0, 0.05) is 10.5 Å². The fourth-order valence-electron chi connectivity index (χ4n) is 2.51. The summed E-state index contributed by atoms with van der Waals surface area (Å²) in [5, 5.41) is 8.92. The number of carboxylic acids is 1. The Morgan fingerprint density at radius 1 is 1.43 bits per heavy atom. The molecule has 0 spiro atoms. The quantitative estimate of drug-likeness (QED) is 0.842. The molecule has 21 heavy (non-hydrogen) atoms. The lowest BCUT2D eigenvalue weighted by Crippen LogP contribution is -2.33. The number of hydrogen-bond acceptors (Lipinski definition) is 3. The molecule has 1 aliphatic rings. The van der Waals surface area contributed by atoms with Gasteiger partial charge in [-0.15, -0.1) is 0 Å². The maximum Gasteiger partial charge on any atom is 0.338 e. The second-order valence-corrected chi connectivity index (χ2v) is 7.91. The first-order chi connectivity index (χ1) is 9.70. The van der Waals surface area contributed by atoms with Gasteiger partial charge < -0.3 is 5.11 Å². The SMILES string of the molecule is CC1CCC(NS(=O)(=O)c2cc(Br)cc(C(=O)O)c2F)C1. The minimum Gasteiger partial charge on any atom is -0.478 e. The highest BCUT2D eigenvalue weighted by molar-refractivity contribution is 9.10. The first-order valence-corrected chi connectivity index (χ1v) is 8.73. The van der Waals surface area contributed by atoms with Crippen molar-refractivity contribution in [2.75, 3.05) is 0 Å². The number of sulfonamides is 1. The highest BCUT2D eigenvalue weighted by atomic mass is 79.9. The molecule has 116 valence electrons. The van der Waals surface area contributed by atoms with Gasteiger partial charge in [0.1, 0.15) is 4.90 Å². The maximum absolute atomic E-state index is 14.1. The van der Waals surface area contributed by atoms with Gasteiger partial charge in [-0.3, -0.25) is 0 Å². The number of hydrogen-bond donors (Lipinski definition) is 2. The summed E-state index contributed by atoms with van der Waals surface area (Å²) in [5.74, 6) is -2.34. The van der Waals surface area contributed by atoms with Gasteiger partial charge in [0.05, 0.1) is 5.56 Å². The van der Waals surface area contributed by atoms with Gasteiger partial charge in [0.2, 0.25) is 10.0 Å². The van der Waals surface area contributed by atoms with E-state index in [0.29, 0.717) is 18.8 Å². The second-order valence-electron chi connectivity index (χ2n) is 5.31. The van der Waals surface area contributed by atoms with Crippen molar-refractivity contribution in [1.29, 1.82) is 0 Å². The topological polar surface area (TPSA) is 83.5 Å². The number of rotatable bonds is 4. The summed E-state index contributed by atoms with van der Waals surface area (Å²) < 4.78 is 41.3. The zero-order chi connectivity index (χ0) is 15.8. The Bertz CT molecular complexity index is 677. The number of aromatic carboxylic acids is 1. The summed E-state index contributed by atoms with van der Waals surface area (Å²) in [6.45, 7) is 2.02. The van der Waals surface area contributed by atoms with E-state index >= 15 is 0 Å². The average molecular weight is 380 g/mol. The number of carboxylic acid groups (broad SMARTS) is 1. The normalized spacial score (nSPS) is 22.4. The van der Waals surface area contributed by atoms with Crippen LogP contribution >= 0.6 is 15.9 Å². The molecule has 1 aromatic carbocycles. The molecule has 2 atom stereocenters. The lowest BCUT2D eigenvalue weighted by atomic mass is 10.1. The van der Waals surface area contributed by atoms with Gasteiger partial charge in [0.15, 0.2) is 5.82 Å². The van der Waals surface area contributed by atoms with Crippen LogP contribution in [-0.4, -0.2) is 25.5 Å². The summed E-state index contributed by atoms with van der Waals surface area (Å²) in [4.78, 5) is 10.3. The molecule has 1 aliphatic carbocycles. The molecular weight excluding hydrogens is 365 g/mol. The molecule has 0 aromatic heterocycles. The average Bonchev–Trinajstić information content (AvgIpc) is 2.76. The summed E-state index contributed by atoms with van der Waals surface area (Å²) in [7, 11) is -4.09. The zero-order valence-electron chi connectivity index (χ0n) is 11.3. The molecule has 2 rings (SSSR count). The van der Waals surface area contributed by atoms with Crippen molar-refractivity contribution in [3.63, 3.8) is 0 Å². The van der Waals surface area contributed by atoms with Crippen molar-refractivity contribution in [2.45, 2.75) is 37.1 Å². The Labute approximate surface area is 130 Å². The predicted molar refractivity (Wildman–Crippen MR) is 78.2 cm³/mol. The van der Waals surface area contributed by atoms with Crippen LogP contribution in [0.5, 0.6) is 0 Å². The Kier molecular flexibility index (Phi) is 4.69. The molecule has 0 bridgehead atoms. The van der Waals surface area contributed by atoms with E-state index in [4.69, 9.17) is 5.11 Å². The van der Waals surface area contributed by atoms with E-state index in [-0.39, 0.29) is 10.5 Å². The standard InChI is InChI=1S/C13H15BrFNO4S/c1-7-2-3-9(4-7)16-21(19,20)11-6-8(14)5-10(12(11)15)13(17)18/h5-7,9,16H,2-4H2,1H3,(H,17,18). The van der Waals surface area contributed by atoms with Crippen molar-refractivity contribution in [2.24, 2.45) is 5.92 Å². The molecule has 1 fully saturated rings. The lowest BCUT2D eigenvalue weighted by Gasteiger charge is -2.14. The fourth-order valence-corrected chi connectivity index (χ4v) is 4.53. The molecule has 0 amide bonds. The third-order valence-electron chi connectivity index (χ3n) is 3.54. The molecule has 1 saturated carbocycles. The van der Waals surface area contributed by atoms with Crippen molar-refractivity contribution in [3.8, 4) is 0 Å². The van der Waals surface area contributed by atoms with Crippen LogP contribution < -0.4 is 4.72 Å². The zero-order valence-corrected chi connectivity index (χ0v) is 13.7.